The molecular formula is C14H10N2O2. The van der Waals surface area contributed by atoms with Crippen molar-refractivity contribution in [2.24, 2.45) is 0 Å². The van der Waals surface area contributed by atoms with E-state index in [2.05, 4.69) is 6.07 Å². The standard InChI is InChI=1S/C14H10N2O2/c1-10-8-11(6-7-14(10)16(17)18)13-5-3-2-4-12(13)9-15/h2-8H,1H3. The average molecular weight is 238 g/mol. The van der Waals surface area contributed by atoms with Gasteiger partial charge < -0.3 is 0 Å². The number of nitriles is 1. The van der Waals surface area contributed by atoms with E-state index >= 15 is 0 Å². The van der Waals surface area contributed by atoms with Gasteiger partial charge in [-0.3, -0.25) is 10.1 Å². The molecule has 2 rings (SSSR count). The van der Waals surface area contributed by atoms with Crippen molar-refractivity contribution in [3.8, 4) is 17.2 Å². The topological polar surface area (TPSA) is 66.9 Å². The van der Waals surface area contributed by atoms with Gasteiger partial charge in [-0.2, -0.15) is 5.26 Å². The van der Waals surface area contributed by atoms with E-state index in [1.807, 2.05) is 12.1 Å². The summed E-state index contributed by atoms with van der Waals surface area (Å²) in [5, 5.41) is 19.8. The molecule has 4 heteroatoms. The van der Waals surface area contributed by atoms with Crippen LogP contribution in [-0.2, 0) is 0 Å². The van der Waals surface area contributed by atoms with Crippen LogP contribution in [0.15, 0.2) is 42.5 Å². The molecule has 18 heavy (non-hydrogen) atoms. The lowest BCUT2D eigenvalue weighted by molar-refractivity contribution is -0.385. The smallest absolute Gasteiger partial charge is 0.258 e. The normalized spacial score (nSPS) is 9.78. The van der Waals surface area contributed by atoms with Crippen molar-refractivity contribution in [3.63, 3.8) is 0 Å². The van der Waals surface area contributed by atoms with Gasteiger partial charge in [0.1, 0.15) is 0 Å². The van der Waals surface area contributed by atoms with E-state index in [1.54, 1.807) is 31.2 Å². The Bertz CT molecular complexity index is 657. The van der Waals surface area contributed by atoms with Crippen LogP contribution in [0, 0.1) is 28.4 Å². The highest BCUT2D eigenvalue weighted by Gasteiger charge is 2.12. The highest BCUT2D eigenvalue weighted by molar-refractivity contribution is 5.72. The zero-order valence-corrected chi connectivity index (χ0v) is 9.75. The molecule has 0 fully saturated rings. The minimum atomic E-state index is -0.407. The number of nitro benzene ring substituents is 1. The molecule has 0 aliphatic heterocycles. The van der Waals surface area contributed by atoms with E-state index in [1.165, 1.54) is 6.07 Å². The zero-order chi connectivity index (χ0) is 13.1. The number of nitro groups is 1. The van der Waals surface area contributed by atoms with Gasteiger partial charge in [-0.25, -0.2) is 0 Å². The summed E-state index contributed by atoms with van der Waals surface area (Å²) in [6.45, 7) is 1.69. The van der Waals surface area contributed by atoms with E-state index in [0.717, 1.165) is 11.1 Å². The third-order valence-corrected chi connectivity index (χ3v) is 2.75. The number of hydrogen-bond acceptors (Lipinski definition) is 3. The lowest BCUT2D eigenvalue weighted by Crippen LogP contribution is -1.92. The predicted molar refractivity (Wildman–Crippen MR) is 68.0 cm³/mol. The Morgan fingerprint density at radius 1 is 1.22 bits per heavy atom. The molecule has 0 amide bonds. The quantitative estimate of drug-likeness (QED) is 0.594. The highest BCUT2D eigenvalue weighted by atomic mass is 16.6. The fourth-order valence-electron chi connectivity index (χ4n) is 1.86. The van der Waals surface area contributed by atoms with E-state index < -0.39 is 4.92 Å². The Labute approximate surface area is 104 Å². The maximum atomic E-state index is 10.7. The number of rotatable bonds is 2. The van der Waals surface area contributed by atoms with Gasteiger partial charge in [0.05, 0.1) is 16.6 Å². The summed E-state index contributed by atoms with van der Waals surface area (Å²) >= 11 is 0. The molecule has 0 bridgehead atoms. The largest absolute Gasteiger partial charge is 0.272 e. The lowest BCUT2D eigenvalue weighted by atomic mass is 9.98. The van der Waals surface area contributed by atoms with Crippen molar-refractivity contribution >= 4 is 5.69 Å². The van der Waals surface area contributed by atoms with Crippen LogP contribution in [0.3, 0.4) is 0 Å². The summed E-state index contributed by atoms with van der Waals surface area (Å²) in [5.41, 5.74) is 2.84. The molecule has 0 aromatic heterocycles. The Morgan fingerprint density at radius 3 is 2.56 bits per heavy atom. The van der Waals surface area contributed by atoms with Gasteiger partial charge in [0.2, 0.25) is 0 Å². The van der Waals surface area contributed by atoms with Crippen LogP contribution in [0.2, 0.25) is 0 Å². The second kappa shape index (κ2) is 4.68. The van der Waals surface area contributed by atoms with Crippen LogP contribution in [0.25, 0.3) is 11.1 Å². The minimum absolute atomic E-state index is 0.0909. The number of nitrogens with zero attached hydrogens (tertiary/aromatic N) is 2. The SMILES string of the molecule is Cc1cc(-c2ccccc2C#N)ccc1[N+](=O)[O-]. The van der Waals surface area contributed by atoms with Crippen LogP contribution in [-0.4, -0.2) is 4.92 Å². The molecular weight excluding hydrogens is 228 g/mol. The molecule has 0 radical (unpaired) electrons. The summed E-state index contributed by atoms with van der Waals surface area (Å²) in [5.74, 6) is 0. The molecule has 0 unspecified atom stereocenters. The molecule has 2 aromatic carbocycles. The molecule has 0 heterocycles. The molecule has 4 nitrogen and oxygen atoms in total. The predicted octanol–water partition coefficient (Wildman–Crippen LogP) is 3.44. The first-order valence-corrected chi connectivity index (χ1v) is 5.38. The third-order valence-electron chi connectivity index (χ3n) is 2.75. The fourth-order valence-corrected chi connectivity index (χ4v) is 1.86. The summed E-state index contributed by atoms with van der Waals surface area (Å²) in [4.78, 5) is 10.3. The Hall–Kier alpha value is -2.67. The first-order valence-electron chi connectivity index (χ1n) is 5.38. The van der Waals surface area contributed by atoms with Gasteiger partial charge in [0, 0.05) is 11.6 Å². The van der Waals surface area contributed by atoms with Gasteiger partial charge in [-0.15, -0.1) is 0 Å². The molecule has 0 aliphatic carbocycles. The third kappa shape index (κ3) is 2.06. The van der Waals surface area contributed by atoms with Crippen LogP contribution in [0.4, 0.5) is 5.69 Å². The van der Waals surface area contributed by atoms with Crippen molar-refractivity contribution in [3.05, 3.63) is 63.7 Å². The fraction of sp³-hybridized carbons (Fsp3) is 0.0714. The zero-order valence-electron chi connectivity index (χ0n) is 9.75. The summed E-state index contributed by atoms with van der Waals surface area (Å²) in [6.07, 6.45) is 0. The van der Waals surface area contributed by atoms with Gasteiger partial charge >= 0.3 is 0 Å². The highest BCUT2D eigenvalue weighted by Crippen LogP contribution is 2.28. The second-order valence-electron chi connectivity index (χ2n) is 3.92. The molecule has 2 aromatic rings. The Kier molecular flexibility index (Phi) is 3.07. The van der Waals surface area contributed by atoms with Crippen LogP contribution >= 0.6 is 0 Å². The van der Waals surface area contributed by atoms with E-state index in [0.29, 0.717) is 11.1 Å². The molecule has 88 valence electrons. The molecule has 0 saturated heterocycles. The summed E-state index contributed by atoms with van der Waals surface area (Å²) in [7, 11) is 0. The van der Waals surface area contributed by atoms with E-state index in [4.69, 9.17) is 5.26 Å². The van der Waals surface area contributed by atoms with Gasteiger partial charge in [-0.05, 0) is 36.2 Å². The van der Waals surface area contributed by atoms with Crippen molar-refractivity contribution in [2.75, 3.05) is 0 Å². The van der Waals surface area contributed by atoms with Crippen molar-refractivity contribution in [1.82, 2.24) is 0 Å². The molecule has 0 spiro atoms. The minimum Gasteiger partial charge on any atom is -0.258 e. The summed E-state index contributed by atoms with van der Waals surface area (Å²) < 4.78 is 0. The second-order valence-corrected chi connectivity index (χ2v) is 3.92. The van der Waals surface area contributed by atoms with Crippen LogP contribution < -0.4 is 0 Å². The Balaban J connectivity index is 2.57. The monoisotopic (exact) mass is 238 g/mol. The molecule has 0 atom stereocenters. The maximum absolute atomic E-state index is 10.7. The van der Waals surface area contributed by atoms with Crippen LogP contribution in [0.1, 0.15) is 11.1 Å². The maximum Gasteiger partial charge on any atom is 0.272 e. The number of aryl methyl sites for hydroxylation is 1. The summed E-state index contributed by atoms with van der Waals surface area (Å²) in [6, 6.07) is 14.2. The van der Waals surface area contributed by atoms with Crippen molar-refractivity contribution < 1.29 is 4.92 Å². The number of benzene rings is 2. The first-order chi connectivity index (χ1) is 8.63. The first kappa shape index (κ1) is 11.8. The average Bonchev–Trinajstić information content (AvgIpc) is 2.38. The van der Waals surface area contributed by atoms with E-state index in [-0.39, 0.29) is 5.69 Å². The van der Waals surface area contributed by atoms with E-state index in [9.17, 15) is 10.1 Å². The number of hydrogen-bond donors (Lipinski definition) is 0. The molecule has 0 aliphatic rings. The Morgan fingerprint density at radius 2 is 1.94 bits per heavy atom. The van der Waals surface area contributed by atoms with Crippen LogP contribution in [0.5, 0.6) is 0 Å². The van der Waals surface area contributed by atoms with Crippen molar-refractivity contribution in [2.45, 2.75) is 6.92 Å². The van der Waals surface area contributed by atoms with Gasteiger partial charge in [0.25, 0.3) is 5.69 Å². The molecule has 0 N–H and O–H groups in total. The van der Waals surface area contributed by atoms with Gasteiger partial charge in [0.15, 0.2) is 0 Å². The molecule has 0 saturated carbocycles. The lowest BCUT2D eigenvalue weighted by Gasteiger charge is -2.05. The van der Waals surface area contributed by atoms with Gasteiger partial charge in [-0.1, -0.05) is 18.2 Å². The van der Waals surface area contributed by atoms with Crippen molar-refractivity contribution in [1.29, 1.82) is 5.26 Å².